The van der Waals surface area contributed by atoms with Crippen molar-refractivity contribution < 1.29 is 44.4 Å². The maximum absolute atomic E-state index is 13.1. The molecule has 0 spiro atoms. The predicted molar refractivity (Wildman–Crippen MR) is 158 cm³/mol. The number of carboxylic acid groups (broad SMARTS) is 3. The molecule has 42 heavy (non-hydrogen) atoms. The predicted octanol–water partition coefficient (Wildman–Crippen LogP) is 5.18. The number of carbonyl (C=O) groups excluding carboxylic acids is 2. The van der Waals surface area contributed by atoms with E-state index in [0.29, 0.717) is 36.3 Å². The normalized spacial score (nSPS) is 14.2. The molecule has 0 aliphatic heterocycles. The molecule has 0 bridgehead atoms. The average molecular weight is 610 g/mol. The fraction of sp³-hybridized carbons (Fsp3) is 0.581. The van der Waals surface area contributed by atoms with Crippen LogP contribution in [0.4, 0.5) is 0 Å². The lowest BCUT2D eigenvalue weighted by atomic mass is 9.82. The van der Waals surface area contributed by atoms with E-state index in [-0.39, 0.29) is 12.2 Å². The summed E-state index contributed by atoms with van der Waals surface area (Å²) < 4.78 is 0. The second kappa shape index (κ2) is 19.8. The third-order valence-electron chi connectivity index (χ3n) is 7.02. The number of benzene rings is 1. The lowest BCUT2D eigenvalue weighted by Gasteiger charge is -2.29. The van der Waals surface area contributed by atoms with Crippen molar-refractivity contribution in [3.05, 3.63) is 47.0 Å². The van der Waals surface area contributed by atoms with Crippen LogP contribution in [0.1, 0.15) is 96.0 Å². The van der Waals surface area contributed by atoms with Crippen LogP contribution in [-0.4, -0.2) is 61.7 Å². The lowest BCUT2D eigenvalue weighted by Crippen LogP contribution is -2.55. The van der Waals surface area contributed by atoms with Crippen molar-refractivity contribution in [2.75, 3.05) is 0 Å². The second-order valence-corrected chi connectivity index (χ2v) is 11.0. The summed E-state index contributed by atoms with van der Waals surface area (Å²) in [7, 11) is 0. The number of nitrogens with one attached hydrogen (secondary N) is 1. The highest BCUT2D eigenvalue weighted by atomic mass is 35.5. The fourth-order valence-corrected chi connectivity index (χ4v) is 4.68. The molecule has 1 rings (SSSR count). The van der Waals surface area contributed by atoms with Crippen molar-refractivity contribution in [1.82, 2.24) is 5.32 Å². The highest BCUT2D eigenvalue weighted by molar-refractivity contribution is 6.30. The van der Waals surface area contributed by atoms with Crippen molar-refractivity contribution in [3.63, 3.8) is 0 Å². The minimum Gasteiger partial charge on any atom is -0.481 e. The molecule has 0 fully saturated rings. The van der Waals surface area contributed by atoms with E-state index in [1.54, 1.807) is 24.3 Å². The molecule has 1 unspecified atom stereocenters. The van der Waals surface area contributed by atoms with Gasteiger partial charge in [0.25, 0.3) is 0 Å². The molecule has 1 amide bonds. The molecule has 234 valence electrons. The zero-order valence-corrected chi connectivity index (χ0v) is 25.0. The molecule has 0 heterocycles. The highest BCUT2D eigenvalue weighted by Crippen LogP contribution is 2.26. The van der Waals surface area contributed by atoms with Gasteiger partial charge in [0.15, 0.2) is 5.60 Å². The molecule has 0 saturated heterocycles. The van der Waals surface area contributed by atoms with Crippen molar-refractivity contribution in [2.45, 2.75) is 108 Å². The van der Waals surface area contributed by atoms with Gasteiger partial charge in [-0.25, -0.2) is 9.59 Å². The summed E-state index contributed by atoms with van der Waals surface area (Å²) in [5, 5.41) is 42.0. The number of carboxylic acids is 3. The van der Waals surface area contributed by atoms with Crippen LogP contribution in [0, 0.1) is 5.92 Å². The number of hydrogen-bond acceptors (Lipinski definition) is 6. The maximum atomic E-state index is 13.1. The standard InChI is InChI=1S/C31H44ClNO9/c1-2-3-4-7-10-13-24(34)14-11-8-5-6-9-12-15-25(31(42,30(40)41)21-27(35)36)28(37)33-26(29(38)39)20-22-16-18-23(32)19-17-22/h12,15-19,25-26,42H,2-11,13-14,20-21H2,1H3,(H,33,37)(H,35,36)(H,38,39)(H,40,41)/t25-,26?,31+/m1/s1. The van der Waals surface area contributed by atoms with Crippen LogP contribution in [0.25, 0.3) is 0 Å². The molecule has 1 aromatic rings. The average Bonchev–Trinajstić information content (AvgIpc) is 2.92. The number of unbranched alkanes of at least 4 members (excludes halogenated alkanes) is 8. The Morgan fingerprint density at radius 1 is 0.881 bits per heavy atom. The summed E-state index contributed by atoms with van der Waals surface area (Å²) in [5.41, 5.74) is -2.47. The summed E-state index contributed by atoms with van der Waals surface area (Å²) in [6, 6.07) is 4.77. The van der Waals surface area contributed by atoms with Crippen molar-refractivity contribution in [3.8, 4) is 0 Å². The van der Waals surface area contributed by atoms with Gasteiger partial charge in [0.1, 0.15) is 11.8 Å². The first-order valence-corrected chi connectivity index (χ1v) is 14.9. The number of hydrogen-bond donors (Lipinski definition) is 5. The molecule has 5 N–H and O–H groups in total. The maximum Gasteiger partial charge on any atom is 0.337 e. The Morgan fingerprint density at radius 3 is 1.98 bits per heavy atom. The number of ketones is 1. The number of aliphatic hydroxyl groups is 1. The lowest BCUT2D eigenvalue weighted by molar-refractivity contribution is -0.172. The number of rotatable bonds is 23. The first kappa shape index (κ1) is 36.8. The molecule has 10 nitrogen and oxygen atoms in total. The van der Waals surface area contributed by atoms with Crippen molar-refractivity contribution in [1.29, 1.82) is 0 Å². The van der Waals surface area contributed by atoms with Crippen LogP contribution in [0.15, 0.2) is 36.4 Å². The highest BCUT2D eigenvalue weighted by Gasteiger charge is 2.49. The van der Waals surface area contributed by atoms with Gasteiger partial charge in [0.05, 0.1) is 12.3 Å². The van der Waals surface area contributed by atoms with Gasteiger partial charge >= 0.3 is 17.9 Å². The monoisotopic (exact) mass is 609 g/mol. The van der Waals surface area contributed by atoms with Crippen LogP contribution >= 0.6 is 11.6 Å². The first-order valence-electron chi connectivity index (χ1n) is 14.5. The van der Waals surface area contributed by atoms with E-state index in [4.69, 9.17) is 11.6 Å². The third-order valence-corrected chi connectivity index (χ3v) is 7.27. The van der Waals surface area contributed by atoms with Gasteiger partial charge in [-0.1, -0.05) is 81.3 Å². The Morgan fingerprint density at radius 2 is 1.45 bits per heavy atom. The fourth-order valence-electron chi connectivity index (χ4n) is 4.55. The van der Waals surface area contributed by atoms with Gasteiger partial charge in [-0.3, -0.25) is 14.4 Å². The number of carbonyl (C=O) groups is 5. The van der Waals surface area contributed by atoms with Crippen LogP contribution in [-0.2, 0) is 30.4 Å². The van der Waals surface area contributed by atoms with Gasteiger partial charge in [-0.15, -0.1) is 0 Å². The number of halogens is 1. The minimum absolute atomic E-state index is 0.152. The van der Waals surface area contributed by atoms with E-state index >= 15 is 0 Å². The Kier molecular flexibility index (Phi) is 17.3. The SMILES string of the molecule is CCCCCCCC(=O)CCCCCCC=C[C@H](C(=O)NC(Cc1ccc(Cl)cc1)C(=O)O)[C@@](O)(CC(=O)O)C(=O)O. The summed E-state index contributed by atoms with van der Waals surface area (Å²) in [4.78, 5) is 60.3. The molecule has 0 saturated carbocycles. The molecule has 3 atom stereocenters. The third kappa shape index (κ3) is 14.1. The first-order chi connectivity index (χ1) is 19.9. The molecule has 0 radical (unpaired) electrons. The summed E-state index contributed by atoms with van der Waals surface area (Å²) >= 11 is 5.86. The zero-order valence-electron chi connectivity index (χ0n) is 24.2. The van der Waals surface area contributed by atoms with Crippen molar-refractivity contribution in [2.24, 2.45) is 5.92 Å². The van der Waals surface area contributed by atoms with Crippen molar-refractivity contribution >= 4 is 41.2 Å². The Labute approximate surface area is 252 Å². The molecule has 1 aromatic carbocycles. The largest absolute Gasteiger partial charge is 0.481 e. The number of aliphatic carboxylic acids is 3. The van der Waals surface area contributed by atoms with Crippen LogP contribution < -0.4 is 5.32 Å². The van der Waals surface area contributed by atoms with Crippen LogP contribution in [0.5, 0.6) is 0 Å². The van der Waals surface area contributed by atoms with Gasteiger partial charge in [-0.2, -0.15) is 0 Å². The van der Waals surface area contributed by atoms with E-state index in [2.05, 4.69) is 12.2 Å². The van der Waals surface area contributed by atoms with E-state index in [1.165, 1.54) is 12.5 Å². The summed E-state index contributed by atoms with van der Waals surface area (Å²) in [6.45, 7) is 2.15. The molecular formula is C31H44ClNO9. The molecule has 0 aromatic heterocycles. The smallest absolute Gasteiger partial charge is 0.337 e. The number of allylic oxidation sites excluding steroid dienone is 1. The quantitative estimate of drug-likeness (QED) is 0.0825. The van der Waals surface area contributed by atoms with Crippen LogP contribution in [0.2, 0.25) is 5.02 Å². The molecule has 0 aliphatic carbocycles. The molecule has 11 heteroatoms. The summed E-state index contributed by atoms with van der Waals surface area (Å²) in [6.07, 6.45) is 11.3. The van der Waals surface area contributed by atoms with E-state index in [9.17, 15) is 44.4 Å². The van der Waals surface area contributed by atoms with Gasteiger partial charge in [0, 0.05) is 24.3 Å². The number of amides is 1. The Balaban J connectivity index is 2.77. The van der Waals surface area contributed by atoms with E-state index in [0.717, 1.165) is 51.0 Å². The number of Topliss-reactive ketones (excluding diaryl/α,β-unsaturated/α-hetero) is 1. The van der Waals surface area contributed by atoms with Gasteiger partial charge < -0.3 is 25.7 Å². The Bertz CT molecular complexity index is 1060. The second-order valence-electron chi connectivity index (χ2n) is 10.6. The van der Waals surface area contributed by atoms with Gasteiger partial charge in [-0.05, 0) is 43.4 Å². The minimum atomic E-state index is -3.01. The molecular weight excluding hydrogens is 566 g/mol. The Hall–Kier alpha value is -3.24. The molecule has 0 aliphatic rings. The van der Waals surface area contributed by atoms with E-state index < -0.39 is 47.8 Å². The van der Waals surface area contributed by atoms with E-state index in [1.807, 2.05) is 0 Å². The summed E-state index contributed by atoms with van der Waals surface area (Å²) in [5.74, 6) is -7.69. The zero-order chi connectivity index (χ0) is 31.5. The van der Waals surface area contributed by atoms with Gasteiger partial charge in [0.2, 0.25) is 5.91 Å². The van der Waals surface area contributed by atoms with Crippen LogP contribution in [0.3, 0.4) is 0 Å². The topological polar surface area (TPSA) is 178 Å².